The van der Waals surface area contributed by atoms with Gasteiger partial charge >= 0.3 is 12.0 Å². The third kappa shape index (κ3) is 3.15. The summed E-state index contributed by atoms with van der Waals surface area (Å²) in [4.78, 5) is 41.1. The van der Waals surface area contributed by atoms with Gasteiger partial charge in [0.25, 0.3) is 5.91 Å². The van der Waals surface area contributed by atoms with Crippen molar-refractivity contribution in [3.63, 3.8) is 0 Å². The number of nitrogens with zero attached hydrogens (tertiary/aromatic N) is 2. The highest BCUT2D eigenvalue weighted by molar-refractivity contribution is 6.09. The lowest BCUT2D eigenvalue weighted by molar-refractivity contribution is -0.149. The van der Waals surface area contributed by atoms with Gasteiger partial charge in [-0.05, 0) is 24.0 Å². The van der Waals surface area contributed by atoms with Crippen molar-refractivity contribution in [2.75, 3.05) is 0 Å². The lowest BCUT2D eigenvalue weighted by atomic mass is 9.89. The lowest BCUT2D eigenvalue weighted by Gasteiger charge is -2.32. The van der Waals surface area contributed by atoms with Crippen LogP contribution >= 0.6 is 0 Å². The molecule has 0 saturated carbocycles. The van der Waals surface area contributed by atoms with E-state index in [9.17, 15) is 19.5 Å². The zero-order chi connectivity index (χ0) is 20.5. The lowest BCUT2D eigenvalue weighted by Crippen LogP contribution is -2.49. The van der Waals surface area contributed by atoms with Crippen LogP contribution in [0.5, 0.6) is 0 Å². The van der Waals surface area contributed by atoms with Crippen molar-refractivity contribution in [2.24, 2.45) is 5.92 Å². The van der Waals surface area contributed by atoms with Crippen LogP contribution in [0.3, 0.4) is 0 Å². The molecule has 2 aromatic rings. The highest BCUT2D eigenvalue weighted by Gasteiger charge is 2.58. The molecule has 146 valence electrons. The molecule has 1 aliphatic rings. The Kier molecular flexibility index (Phi) is 5.23. The molecule has 0 aromatic heterocycles. The number of hydrogen-bond donors (Lipinski definition) is 1. The van der Waals surface area contributed by atoms with Gasteiger partial charge in [0.05, 0.1) is 0 Å². The fourth-order valence-corrected chi connectivity index (χ4v) is 3.73. The SMILES string of the molecule is CC(C)[C@H](C(=O)O)N1C(=O)N(Cc2ccccc2)[C@](C)(c2ccccc2)C1=O. The first-order valence-corrected chi connectivity index (χ1v) is 9.26. The van der Waals surface area contributed by atoms with Crippen molar-refractivity contribution >= 4 is 17.9 Å². The highest BCUT2D eigenvalue weighted by atomic mass is 16.4. The molecule has 2 aromatic carbocycles. The Morgan fingerprint density at radius 2 is 1.54 bits per heavy atom. The van der Waals surface area contributed by atoms with Crippen LogP contribution in [-0.2, 0) is 21.7 Å². The van der Waals surface area contributed by atoms with Gasteiger partial charge < -0.3 is 10.0 Å². The monoisotopic (exact) mass is 380 g/mol. The van der Waals surface area contributed by atoms with Crippen molar-refractivity contribution in [2.45, 2.75) is 38.9 Å². The molecule has 0 spiro atoms. The quantitative estimate of drug-likeness (QED) is 0.779. The van der Waals surface area contributed by atoms with E-state index in [4.69, 9.17) is 0 Å². The zero-order valence-electron chi connectivity index (χ0n) is 16.2. The number of carboxylic acids is 1. The average molecular weight is 380 g/mol. The molecule has 1 saturated heterocycles. The van der Waals surface area contributed by atoms with Gasteiger partial charge in [-0.15, -0.1) is 0 Å². The van der Waals surface area contributed by atoms with Crippen LogP contribution in [0.4, 0.5) is 4.79 Å². The maximum atomic E-state index is 13.5. The van der Waals surface area contributed by atoms with Crippen LogP contribution in [0.15, 0.2) is 60.7 Å². The van der Waals surface area contributed by atoms with Gasteiger partial charge in [0.15, 0.2) is 0 Å². The summed E-state index contributed by atoms with van der Waals surface area (Å²) < 4.78 is 0. The van der Waals surface area contributed by atoms with Gasteiger partial charge in [0.1, 0.15) is 11.6 Å². The van der Waals surface area contributed by atoms with Crippen LogP contribution < -0.4 is 0 Å². The molecule has 1 fully saturated rings. The van der Waals surface area contributed by atoms with E-state index in [1.807, 2.05) is 36.4 Å². The van der Waals surface area contributed by atoms with E-state index < -0.39 is 35.4 Å². The molecule has 6 heteroatoms. The molecule has 3 rings (SSSR count). The minimum atomic E-state index is -1.28. The van der Waals surface area contributed by atoms with Crippen molar-refractivity contribution in [1.29, 1.82) is 0 Å². The molecule has 6 nitrogen and oxygen atoms in total. The van der Waals surface area contributed by atoms with Gasteiger partial charge in [-0.1, -0.05) is 74.5 Å². The third-order valence-corrected chi connectivity index (χ3v) is 5.29. The minimum absolute atomic E-state index is 0.206. The second-order valence-corrected chi connectivity index (χ2v) is 7.49. The number of rotatable bonds is 6. The maximum absolute atomic E-state index is 13.5. The van der Waals surface area contributed by atoms with Gasteiger partial charge in [0, 0.05) is 6.54 Å². The summed E-state index contributed by atoms with van der Waals surface area (Å²) in [5.74, 6) is -2.11. The first kappa shape index (κ1) is 19.6. The molecular weight excluding hydrogens is 356 g/mol. The Morgan fingerprint density at radius 1 is 1.00 bits per heavy atom. The van der Waals surface area contributed by atoms with E-state index in [1.54, 1.807) is 45.0 Å². The number of carbonyl (C=O) groups excluding carboxylic acids is 2. The fourth-order valence-electron chi connectivity index (χ4n) is 3.73. The zero-order valence-corrected chi connectivity index (χ0v) is 16.2. The third-order valence-electron chi connectivity index (χ3n) is 5.29. The van der Waals surface area contributed by atoms with Crippen LogP contribution in [0, 0.1) is 5.92 Å². The second-order valence-electron chi connectivity index (χ2n) is 7.49. The van der Waals surface area contributed by atoms with Crippen LogP contribution in [-0.4, -0.2) is 38.9 Å². The summed E-state index contributed by atoms with van der Waals surface area (Å²) in [5, 5.41) is 9.69. The van der Waals surface area contributed by atoms with Crippen LogP contribution in [0.2, 0.25) is 0 Å². The number of hydrogen-bond acceptors (Lipinski definition) is 3. The molecule has 2 atom stereocenters. The van der Waals surface area contributed by atoms with Crippen molar-refractivity contribution in [1.82, 2.24) is 9.80 Å². The average Bonchev–Trinajstić information content (AvgIpc) is 2.86. The Morgan fingerprint density at radius 3 is 2.04 bits per heavy atom. The number of carbonyl (C=O) groups is 3. The second kappa shape index (κ2) is 7.46. The summed E-state index contributed by atoms with van der Waals surface area (Å²) in [7, 11) is 0. The first-order chi connectivity index (χ1) is 13.3. The van der Waals surface area contributed by atoms with Crippen molar-refractivity contribution in [3.05, 3.63) is 71.8 Å². The predicted octanol–water partition coefficient (Wildman–Crippen LogP) is 3.48. The minimum Gasteiger partial charge on any atom is -0.480 e. The van der Waals surface area contributed by atoms with Gasteiger partial charge in [-0.2, -0.15) is 0 Å². The Hall–Kier alpha value is -3.15. The fraction of sp³-hybridized carbons (Fsp3) is 0.318. The molecule has 1 heterocycles. The number of urea groups is 1. The summed E-state index contributed by atoms with van der Waals surface area (Å²) in [5.41, 5.74) is 0.236. The number of imide groups is 1. The number of carboxylic acid groups (broad SMARTS) is 1. The van der Waals surface area contributed by atoms with E-state index in [-0.39, 0.29) is 6.54 Å². The summed E-state index contributed by atoms with van der Waals surface area (Å²) >= 11 is 0. The molecule has 0 radical (unpaired) electrons. The largest absolute Gasteiger partial charge is 0.480 e. The number of amides is 3. The van der Waals surface area contributed by atoms with Crippen molar-refractivity contribution in [3.8, 4) is 0 Å². The predicted molar refractivity (Wildman–Crippen MR) is 104 cm³/mol. The molecule has 0 aliphatic carbocycles. The van der Waals surface area contributed by atoms with Gasteiger partial charge in [-0.3, -0.25) is 4.79 Å². The normalized spacial score (nSPS) is 20.7. The molecule has 1 aliphatic heterocycles. The van der Waals surface area contributed by atoms with Crippen LogP contribution in [0.1, 0.15) is 31.9 Å². The summed E-state index contributed by atoms with van der Waals surface area (Å²) in [6.07, 6.45) is 0. The van der Waals surface area contributed by atoms with E-state index in [2.05, 4.69) is 0 Å². The highest BCUT2D eigenvalue weighted by Crippen LogP contribution is 2.40. The van der Waals surface area contributed by atoms with E-state index in [0.29, 0.717) is 5.56 Å². The summed E-state index contributed by atoms with van der Waals surface area (Å²) in [6, 6.07) is 16.6. The Balaban J connectivity index is 2.12. The van der Waals surface area contributed by atoms with Crippen molar-refractivity contribution < 1.29 is 19.5 Å². The van der Waals surface area contributed by atoms with Gasteiger partial charge in [-0.25, -0.2) is 14.5 Å². The number of benzene rings is 2. The smallest absolute Gasteiger partial charge is 0.329 e. The molecule has 3 amide bonds. The molecule has 28 heavy (non-hydrogen) atoms. The Labute approximate surface area is 164 Å². The molecule has 0 bridgehead atoms. The molecule has 0 unspecified atom stereocenters. The van der Waals surface area contributed by atoms with Crippen LogP contribution in [0.25, 0.3) is 0 Å². The topological polar surface area (TPSA) is 77.9 Å². The summed E-state index contributed by atoms with van der Waals surface area (Å²) in [6.45, 7) is 5.28. The number of aliphatic carboxylic acids is 1. The maximum Gasteiger partial charge on any atom is 0.329 e. The first-order valence-electron chi connectivity index (χ1n) is 9.26. The van der Waals surface area contributed by atoms with Gasteiger partial charge in [0.2, 0.25) is 0 Å². The van der Waals surface area contributed by atoms with E-state index in [1.165, 1.54) is 4.90 Å². The van der Waals surface area contributed by atoms with E-state index >= 15 is 0 Å². The standard InChI is InChI=1S/C22H24N2O4/c1-15(2)18(19(25)26)24-20(27)22(3,17-12-8-5-9-13-17)23(21(24)28)14-16-10-6-4-7-11-16/h4-13,15,18H,14H2,1-3H3,(H,25,26)/t18-,22-/m1/s1. The molecular formula is C22H24N2O4. The Bertz CT molecular complexity index is 882. The van der Waals surface area contributed by atoms with E-state index in [0.717, 1.165) is 10.5 Å². The molecule has 1 N–H and O–H groups in total.